The zero-order chi connectivity index (χ0) is 21.4. The molecule has 0 fully saturated rings. The van der Waals surface area contributed by atoms with Gasteiger partial charge in [0.2, 0.25) is 11.8 Å². The quantitative estimate of drug-likeness (QED) is 0.511. The first-order valence-corrected chi connectivity index (χ1v) is 9.98. The number of aromatic amines is 1. The lowest BCUT2D eigenvalue weighted by atomic mass is 9.83. The van der Waals surface area contributed by atoms with Crippen molar-refractivity contribution in [2.24, 2.45) is 5.73 Å². The van der Waals surface area contributed by atoms with Crippen LogP contribution in [0.3, 0.4) is 0 Å². The van der Waals surface area contributed by atoms with E-state index in [1.807, 2.05) is 49.4 Å². The average molecular weight is 408 g/mol. The maximum Gasteiger partial charge on any atom is 0.244 e. The SMILES string of the molecule is Cc1[nH]nc2c1C(c1ccccc1OCc1cccc3ccccc13)C(C#N)=C(N)O2. The van der Waals surface area contributed by atoms with Gasteiger partial charge in [-0.15, -0.1) is 5.10 Å². The van der Waals surface area contributed by atoms with Crippen molar-refractivity contribution >= 4 is 10.8 Å². The molecule has 31 heavy (non-hydrogen) atoms. The molecule has 3 aromatic carbocycles. The highest BCUT2D eigenvalue weighted by Crippen LogP contribution is 2.45. The Labute approximate surface area is 179 Å². The standard InChI is InChI=1S/C25H20N4O2/c1-15-22-23(20(13-26)24(27)31-25(22)29-28-15)19-11-4-5-12-21(19)30-14-17-9-6-8-16-7-2-3-10-18(16)17/h2-12,23H,14,27H2,1H3,(H,28,29). The predicted octanol–water partition coefficient (Wildman–Crippen LogP) is 4.67. The number of aromatic nitrogens is 2. The maximum absolute atomic E-state index is 9.83. The van der Waals surface area contributed by atoms with Gasteiger partial charge in [0, 0.05) is 16.8 Å². The van der Waals surface area contributed by atoms with Crippen LogP contribution in [-0.4, -0.2) is 10.2 Å². The van der Waals surface area contributed by atoms with Crippen molar-refractivity contribution in [1.82, 2.24) is 10.2 Å². The van der Waals surface area contributed by atoms with E-state index < -0.39 is 5.92 Å². The minimum absolute atomic E-state index is 0.0651. The highest BCUT2D eigenvalue weighted by Gasteiger charge is 2.35. The molecular formula is C25H20N4O2. The van der Waals surface area contributed by atoms with Crippen LogP contribution in [0.5, 0.6) is 11.6 Å². The molecular weight excluding hydrogens is 388 g/mol. The molecule has 2 heterocycles. The molecule has 6 nitrogen and oxygen atoms in total. The average Bonchev–Trinajstić information content (AvgIpc) is 3.17. The third-order valence-corrected chi connectivity index (χ3v) is 5.62. The summed E-state index contributed by atoms with van der Waals surface area (Å²) in [7, 11) is 0. The van der Waals surface area contributed by atoms with Gasteiger partial charge in [0.15, 0.2) is 0 Å². The molecule has 6 heteroatoms. The Kier molecular flexibility index (Phi) is 4.57. The number of para-hydroxylation sites is 1. The van der Waals surface area contributed by atoms with Gasteiger partial charge in [-0.3, -0.25) is 5.10 Å². The number of benzene rings is 3. The zero-order valence-corrected chi connectivity index (χ0v) is 16.9. The third-order valence-electron chi connectivity index (χ3n) is 5.62. The van der Waals surface area contributed by atoms with E-state index in [0.717, 1.165) is 27.8 Å². The van der Waals surface area contributed by atoms with Gasteiger partial charge in [-0.25, -0.2) is 0 Å². The van der Waals surface area contributed by atoms with Crippen molar-refractivity contribution in [3.05, 3.63) is 101 Å². The van der Waals surface area contributed by atoms with E-state index in [1.165, 1.54) is 5.39 Å². The van der Waals surface area contributed by atoms with Gasteiger partial charge in [-0.1, -0.05) is 60.7 Å². The monoisotopic (exact) mass is 408 g/mol. The fraction of sp³-hybridized carbons (Fsp3) is 0.120. The molecule has 3 N–H and O–H groups in total. The molecule has 0 spiro atoms. The number of allylic oxidation sites excluding steroid dienone is 1. The van der Waals surface area contributed by atoms with Crippen LogP contribution in [0.15, 0.2) is 78.2 Å². The largest absolute Gasteiger partial charge is 0.489 e. The number of aryl methyl sites for hydroxylation is 1. The molecule has 4 aromatic rings. The lowest BCUT2D eigenvalue weighted by Gasteiger charge is -2.25. The number of nitriles is 1. The second-order valence-corrected chi connectivity index (χ2v) is 7.46. The van der Waals surface area contributed by atoms with Crippen molar-refractivity contribution in [3.8, 4) is 17.7 Å². The van der Waals surface area contributed by atoms with Crippen LogP contribution in [0, 0.1) is 18.3 Å². The van der Waals surface area contributed by atoms with E-state index in [0.29, 0.717) is 23.8 Å². The maximum atomic E-state index is 9.83. The molecule has 1 atom stereocenters. The van der Waals surface area contributed by atoms with Gasteiger partial charge in [0.1, 0.15) is 24.0 Å². The summed E-state index contributed by atoms with van der Waals surface area (Å²) in [5.41, 5.74) is 9.96. The van der Waals surface area contributed by atoms with Crippen LogP contribution in [0.25, 0.3) is 10.8 Å². The van der Waals surface area contributed by atoms with E-state index >= 15 is 0 Å². The lowest BCUT2D eigenvalue weighted by Crippen LogP contribution is -2.21. The Hall–Kier alpha value is -4.24. The minimum Gasteiger partial charge on any atom is -0.489 e. The van der Waals surface area contributed by atoms with Gasteiger partial charge in [0.25, 0.3) is 0 Å². The highest BCUT2D eigenvalue weighted by molar-refractivity contribution is 5.85. The van der Waals surface area contributed by atoms with E-state index in [2.05, 4.69) is 40.5 Å². The molecule has 1 aliphatic rings. The number of fused-ring (bicyclic) bond motifs is 2. The first-order chi connectivity index (χ1) is 15.2. The summed E-state index contributed by atoms with van der Waals surface area (Å²) in [6.45, 7) is 2.30. The molecule has 0 radical (unpaired) electrons. The number of ether oxygens (including phenoxy) is 2. The summed E-state index contributed by atoms with van der Waals surface area (Å²) in [4.78, 5) is 0. The van der Waals surface area contributed by atoms with Crippen LogP contribution in [0.1, 0.15) is 28.3 Å². The molecule has 1 aliphatic heterocycles. The molecule has 0 saturated heterocycles. The normalized spacial score (nSPS) is 15.3. The topological polar surface area (TPSA) is 97.0 Å². The first-order valence-electron chi connectivity index (χ1n) is 9.98. The zero-order valence-electron chi connectivity index (χ0n) is 16.9. The second kappa shape index (κ2) is 7.54. The Bertz CT molecular complexity index is 1360. The summed E-state index contributed by atoms with van der Waals surface area (Å²) in [5.74, 6) is 0.726. The number of rotatable bonds is 4. The summed E-state index contributed by atoms with van der Waals surface area (Å²) in [5, 5.41) is 19.3. The number of H-pyrrole nitrogens is 1. The van der Waals surface area contributed by atoms with Crippen LogP contribution in [0.2, 0.25) is 0 Å². The van der Waals surface area contributed by atoms with E-state index in [-0.39, 0.29) is 5.88 Å². The van der Waals surface area contributed by atoms with Gasteiger partial charge < -0.3 is 15.2 Å². The fourth-order valence-electron chi connectivity index (χ4n) is 4.13. The van der Waals surface area contributed by atoms with Gasteiger partial charge in [-0.2, -0.15) is 5.26 Å². The number of nitrogens with two attached hydrogens (primary N) is 1. The van der Waals surface area contributed by atoms with Gasteiger partial charge in [-0.05, 0) is 29.3 Å². The van der Waals surface area contributed by atoms with Crippen molar-refractivity contribution in [3.63, 3.8) is 0 Å². The molecule has 1 aromatic heterocycles. The molecule has 0 amide bonds. The Morgan fingerprint density at radius 3 is 2.74 bits per heavy atom. The van der Waals surface area contributed by atoms with Crippen LogP contribution >= 0.6 is 0 Å². The molecule has 0 saturated carbocycles. The minimum atomic E-state index is -0.420. The third kappa shape index (κ3) is 3.17. The Morgan fingerprint density at radius 1 is 1.10 bits per heavy atom. The summed E-state index contributed by atoms with van der Waals surface area (Å²) in [6, 6.07) is 24.4. The van der Waals surface area contributed by atoms with Crippen molar-refractivity contribution in [2.45, 2.75) is 19.4 Å². The summed E-state index contributed by atoms with van der Waals surface area (Å²) < 4.78 is 11.9. The highest BCUT2D eigenvalue weighted by atomic mass is 16.5. The van der Waals surface area contributed by atoms with E-state index in [1.54, 1.807) is 0 Å². The molecule has 152 valence electrons. The lowest BCUT2D eigenvalue weighted by molar-refractivity contribution is 0.303. The van der Waals surface area contributed by atoms with Crippen molar-refractivity contribution in [2.75, 3.05) is 0 Å². The number of nitrogens with one attached hydrogen (secondary N) is 1. The van der Waals surface area contributed by atoms with Crippen LogP contribution in [0.4, 0.5) is 0 Å². The van der Waals surface area contributed by atoms with Crippen LogP contribution < -0.4 is 15.2 Å². The Balaban J connectivity index is 1.56. The van der Waals surface area contributed by atoms with Crippen LogP contribution in [-0.2, 0) is 6.61 Å². The van der Waals surface area contributed by atoms with Gasteiger partial charge in [0.05, 0.1) is 5.92 Å². The molecule has 0 aliphatic carbocycles. The number of hydrogen-bond acceptors (Lipinski definition) is 5. The Morgan fingerprint density at radius 2 is 1.87 bits per heavy atom. The molecule has 0 bridgehead atoms. The van der Waals surface area contributed by atoms with E-state index in [9.17, 15) is 5.26 Å². The smallest absolute Gasteiger partial charge is 0.244 e. The van der Waals surface area contributed by atoms with E-state index in [4.69, 9.17) is 15.2 Å². The van der Waals surface area contributed by atoms with Crippen molar-refractivity contribution in [1.29, 1.82) is 5.26 Å². The first kappa shape index (κ1) is 18.8. The molecule has 1 unspecified atom stereocenters. The number of nitrogens with zero attached hydrogens (tertiary/aromatic N) is 2. The van der Waals surface area contributed by atoms with Crippen molar-refractivity contribution < 1.29 is 9.47 Å². The second-order valence-electron chi connectivity index (χ2n) is 7.46. The predicted molar refractivity (Wildman–Crippen MR) is 117 cm³/mol. The van der Waals surface area contributed by atoms with Gasteiger partial charge >= 0.3 is 0 Å². The fourth-order valence-corrected chi connectivity index (χ4v) is 4.13. The number of hydrogen-bond donors (Lipinski definition) is 2. The summed E-state index contributed by atoms with van der Waals surface area (Å²) >= 11 is 0. The molecule has 5 rings (SSSR count). The summed E-state index contributed by atoms with van der Waals surface area (Å²) in [6.07, 6.45) is 0.